The Hall–Kier alpha value is -3.02. The van der Waals surface area contributed by atoms with E-state index in [0.717, 1.165) is 30.7 Å². The fraction of sp³-hybridized carbons (Fsp3) is 0.391. The van der Waals surface area contributed by atoms with Gasteiger partial charge in [-0.2, -0.15) is 0 Å². The molecule has 0 spiro atoms. The Labute approximate surface area is 173 Å². The van der Waals surface area contributed by atoms with Gasteiger partial charge in [-0.05, 0) is 62.2 Å². The van der Waals surface area contributed by atoms with Crippen molar-refractivity contribution in [3.63, 3.8) is 0 Å². The van der Waals surface area contributed by atoms with Gasteiger partial charge in [0.2, 0.25) is 5.91 Å². The van der Waals surface area contributed by atoms with Crippen molar-refractivity contribution in [3.8, 4) is 5.75 Å². The minimum atomic E-state index is -0.187. The first-order valence-electron chi connectivity index (χ1n) is 10.2. The first kappa shape index (κ1) is 22.3. The molecule has 0 saturated heterocycles. The highest BCUT2D eigenvalue weighted by Gasteiger charge is 2.10. The van der Waals surface area contributed by atoms with E-state index in [1.807, 2.05) is 38.1 Å². The first-order valence-corrected chi connectivity index (χ1v) is 10.2. The monoisotopic (exact) mass is 397 g/mol. The van der Waals surface area contributed by atoms with Crippen LogP contribution in [0.3, 0.4) is 0 Å². The maximum Gasteiger partial charge on any atom is 0.251 e. The average molecular weight is 398 g/mol. The van der Waals surface area contributed by atoms with E-state index in [1.54, 1.807) is 24.3 Å². The molecule has 0 bridgehead atoms. The fourth-order valence-corrected chi connectivity index (χ4v) is 2.54. The van der Waals surface area contributed by atoms with E-state index < -0.39 is 0 Å². The van der Waals surface area contributed by atoms with Crippen molar-refractivity contribution in [1.29, 1.82) is 0 Å². The smallest absolute Gasteiger partial charge is 0.251 e. The number of amides is 2. The zero-order chi connectivity index (χ0) is 21.1. The quantitative estimate of drug-likeness (QED) is 0.490. The number of nitrogens with one attached hydrogen (secondary N) is 3. The summed E-state index contributed by atoms with van der Waals surface area (Å²) in [6, 6.07) is 14.6. The predicted octanol–water partition coefficient (Wildman–Crippen LogP) is 4.44. The summed E-state index contributed by atoms with van der Waals surface area (Å²) >= 11 is 0. The summed E-state index contributed by atoms with van der Waals surface area (Å²) < 4.78 is 5.63. The summed E-state index contributed by atoms with van der Waals surface area (Å²) in [6.45, 7) is 6.93. The second kappa shape index (κ2) is 11.7. The molecule has 0 radical (unpaired) electrons. The van der Waals surface area contributed by atoms with E-state index in [9.17, 15) is 9.59 Å². The Balaban J connectivity index is 1.83. The number of ether oxygens (including phenoxy) is 1. The van der Waals surface area contributed by atoms with Gasteiger partial charge in [0.1, 0.15) is 5.75 Å². The molecule has 156 valence electrons. The highest BCUT2D eigenvalue weighted by molar-refractivity contribution is 5.98. The number of benzene rings is 2. The van der Waals surface area contributed by atoms with Gasteiger partial charge in [0.05, 0.1) is 13.2 Å². The third-order valence-corrected chi connectivity index (χ3v) is 4.47. The lowest BCUT2D eigenvalue weighted by atomic mass is 10.1. The van der Waals surface area contributed by atoms with Crippen molar-refractivity contribution in [3.05, 3.63) is 54.1 Å². The van der Waals surface area contributed by atoms with Crippen LogP contribution >= 0.6 is 0 Å². The molecule has 0 aliphatic heterocycles. The van der Waals surface area contributed by atoms with Gasteiger partial charge >= 0.3 is 0 Å². The molecule has 2 aromatic rings. The molecule has 1 atom stereocenters. The zero-order valence-electron chi connectivity index (χ0n) is 17.5. The molecular weight excluding hydrogens is 366 g/mol. The first-order chi connectivity index (χ1) is 14.0. The van der Waals surface area contributed by atoms with Gasteiger partial charge < -0.3 is 20.7 Å². The normalized spacial score (nSPS) is 11.4. The van der Waals surface area contributed by atoms with Crippen LogP contribution < -0.4 is 20.7 Å². The van der Waals surface area contributed by atoms with Gasteiger partial charge in [0.15, 0.2) is 0 Å². The lowest BCUT2D eigenvalue weighted by Crippen LogP contribution is -2.32. The highest BCUT2D eigenvalue weighted by atomic mass is 16.5. The molecule has 2 aromatic carbocycles. The highest BCUT2D eigenvalue weighted by Crippen LogP contribution is 2.16. The van der Waals surface area contributed by atoms with E-state index in [-0.39, 0.29) is 24.4 Å². The maximum absolute atomic E-state index is 12.2. The molecule has 1 unspecified atom stereocenters. The number of rotatable bonds is 11. The van der Waals surface area contributed by atoms with Crippen LogP contribution in [0.1, 0.15) is 50.4 Å². The SMILES string of the molecule is CCCCOc1ccc(NCC(=O)Nc2cccc(C(=O)NC(C)CC)c2)cc1. The lowest BCUT2D eigenvalue weighted by molar-refractivity contribution is -0.114. The average Bonchev–Trinajstić information content (AvgIpc) is 2.73. The molecule has 0 saturated carbocycles. The molecule has 0 heterocycles. The molecule has 2 amide bonds. The maximum atomic E-state index is 12.2. The van der Waals surface area contributed by atoms with Crippen molar-refractivity contribution >= 4 is 23.2 Å². The van der Waals surface area contributed by atoms with E-state index in [4.69, 9.17) is 4.74 Å². The fourth-order valence-electron chi connectivity index (χ4n) is 2.54. The molecule has 29 heavy (non-hydrogen) atoms. The minimum absolute atomic E-state index is 0.105. The number of carbonyl (C=O) groups is 2. The summed E-state index contributed by atoms with van der Waals surface area (Å²) in [5, 5.41) is 8.82. The number of hydrogen-bond donors (Lipinski definition) is 3. The van der Waals surface area contributed by atoms with Crippen molar-refractivity contribution in [1.82, 2.24) is 5.32 Å². The molecule has 3 N–H and O–H groups in total. The Morgan fingerprint density at radius 1 is 1.03 bits per heavy atom. The Kier molecular flexibility index (Phi) is 9.02. The van der Waals surface area contributed by atoms with E-state index in [2.05, 4.69) is 22.9 Å². The summed E-state index contributed by atoms with van der Waals surface area (Å²) in [6.07, 6.45) is 2.99. The van der Waals surface area contributed by atoms with Crippen molar-refractivity contribution in [2.45, 2.75) is 46.1 Å². The molecule has 0 aromatic heterocycles. The Morgan fingerprint density at radius 3 is 2.48 bits per heavy atom. The number of carbonyl (C=O) groups excluding carboxylic acids is 2. The summed E-state index contributed by atoms with van der Waals surface area (Å²) in [7, 11) is 0. The molecule has 0 aliphatic rings. The largest absolute Gasteiger partial charge is 0.494 e. The van der Waals surface area contributed by atoms with Crippen LogP contribution in [-0.2, 0) is 4.79 Å². The van der Waals surface area contributed by atoms with E-state index in [1.165, 1.54) is 0 Å². The van der Waals surface area contributed by atoms with Crippen LogP contribution in [-0.4, -0.2) is 31.0 Å². The van der Waals surface area contributed by atoms with Crippen molar-refractivity contribution in [2.75, 3.05) is 23.8 Å². The second-order valence-corrected chi connectivity index (χ2v) is 6.99. The topological polar surface area (TPSA) is 79.5 Å². The third kappa shape index (κ3) is 7.86. The van der Waals surface area contributed by atoms with Crippen LogP contribution in [0.4, 0.5) is 11.4 Å². The van der Waals surface area contributed by atoms with Crippen LogP contribution in [0.15, 0.2) is 48.5 Å². The number of anilines is 2. The lowest BCUT2D eigenvalue weighted by Gasteiger charge is -2.12. The van der Waals surface area contributed by atoms with Crippen molar-refractivity contribution < 1.29 is 14.3 Å². The van der Waals surface area contributed by atoms with Crippen LogP contribution in [0.5, 0.6) is 5.75 Å². The van der Waals surface area contributed by atoms with Crippen LogP contribution in [0.2, 0.25) is 0 Å². The second-order valence-electron chi connectivity index (χ2n) is 6.99. The number of hydrogen-bond acceptors (Lipinski definition) is 4. The minimum Gasteiger partial charge on any atom is -0.494 e. The van der Waals surface area contributed by atoms with Gasteiger partial charge in [-0.1, -0.05) is 26.3 Å². The molecule has 6 heteroatoms. The third-order valence-electron chi connectivity index (χ3n) is 4.47. The van der Waals surface area contributed by atoms with E-state index in [0.29, 0.717) is 17.9 Å². The predicted molar refractivity (Wildman–Crippen MR) is 118 cm³/mol. The molecular formula is C23H31N3O3. The van der Waals surface area contributed by atoms with Crippen molar-refractivity contribution in [2.24, 2.45) is 0 Å². The Morgan fingerprint density at radius 2 is 1.79 bits per heavy atom. The molecule has 2 rings (SSSR count). The standard InChI is InChI=1S/C23H31N3O3/c1-4-6-14-29-21-12-10-19(11-13-21)24-16-22(27)26-20-9-7-8-18(15-20)23(28)25-17(3)5-2/h7-13,15,17,24H,4-6,14,16H2,1-3H3,(H,25,28)(H,26,27). The van der Waals surface area contributed by atoms with Gasteiger partial charge in [-0.25, -0.2) is 0 Å². The molecule has 6 nitrogen and oxygen atoms in total. The molecule has 0 fully saturated rings. The van der Waals surface area contributed by atoms with E-state index >= 15 is 0 Å². The van der Waals surface area contributed by atoms with Gasteiger partial charge in [-0.3, -0.25) is 9.59 Å². The summed E-state index contributed by atoms with van der Waals surface area (Å²) in [4.78, 5) is 24.5. The van der Waals surface area contributed by atoms with Crippen LogP contribution in [0.25, 0.3) is 0 Å². The Bertz CT molecular complexity index is 790. The summed E-state index contributed by atoms with van der Waals surface area (Å²) in [5.41, 5.74) is 1.95. The molecule has 0 aliphatic carbocycles. The van der Waals surface area contributed by atoms with Gasteiger partial charge in [-0.15, -0.1) is 0 Å². The number of unbranched alkanes of at least 4 members (excludes halogenated alkanes) is 1. The zero-order valence-corrected chi connectivity index (χ0v) is 17.5. The van der Waals surface area contributed by atoms with Gasteiger partial charge in [0.25, 0.3) is 5.91 Å². The summed E-state index contributed by atoms with van der Waals surface area (Å²) in [5.74, 6) is 0.489. The van der Waals surface area contributed by atoms with Crippen LogP contribution in [0, 0.1) is 0 Å². The van der Waals surface area contributed by atoms with Gasteiger partial charge in [0, 0.05) is 23.0 Å².